The summed E-state index contributed by atoms with van der Waals surface area (Å²) in [7, 11) is 0. The third kappa shape index (κ3) is 4.88. The SMILES string of the molecule is Cc1ccc(C)c(C2=NN(C(=O)CN3CCN(c4ccccc4F)CC3)[C@@H](c3ccccc3F)C2)c1. The smallest absolute Gasteiger partial charge is 0.257 e. The van der Waals surface area contributed by atoms with Gasteiger partial charge in [-0.05, 0) is 43.7 Å². The van der Waals surface area contributed by atoms with E-state index in [1.165, 1.54) is 17.1 Å². The predicted octanol–water partition coefficient (Wildman–Crippen LogP) is 5.08. The van der Waals surface area contributed by atoms with Crippen LogP contribution in [0, 0.1) is 25.5 Å². The number of piperazine rings is 1. The number of halogens is 2. The van der Waals surface area contributed by atoms with Crippen LogP contribution in [0.25, 0.3) is 0 Å². The first kappa shape index (κ1) is 24.1. The molecular formula is C29H30F2N4O. The van der Waals surface area contributed by atoms with Crippen molar-refractivity contribution in [2.45, 2.75) is 26.3 Å². The number of hydrazone groups is 1. The van der Waals surface area contributed by atoms with E-state index in [0.29, 0.717) is 43.9 Å². The lowest BCUT2D eigenvalue weighted by Crippen LogP contribution is -2.49. The average molecular weight is 489 g/mol. The van der Waals surface area contributed by atoms with Gasteiger partial charge in [0.1, 0.15) is 11.6 Å². The van der Waals surface area contributed by atoms with Gasteiger partial charge in [-0.15, -0.1) is 0 Å². The van der Waals surface area contributed by atoms with Crippen molar-refractivity contribution in [2.24, 2.45) is 5.10 Å². The number of anilines is 1. The first-order valence-electron chi connectivity index (χ1n) is 12.3. The average Bonchev–Trinajstić information content (AvgIpc) is 3.32. The summed E-state index contributed by atoms with van der Waals surface area (Å²) in [6.45, 7) is 6.74. The quantitative estimate of drug-likeness (QED) is 0.503. The molecule has 2 aliphatic rings. The van der Waals surface area contributed by atoms with Crippen LogP contribution < -0.4 is 4.90 Å². The van der Waals surface area contributed by atoms with E-state index in [9.17, 15) is 13.6 Å². The van der Waals surface area contributed by atoms with Gasteiger partial charge in [0.25, 0.3) is 5.91 Å². The van der Waals surface area contributed by atoms with Crippen LogP contribution in [0.1, 0.15) is 34.7 Å². The highest BCUT2D eigenvalue weighted by Crippen LogP contribution is 2.35. The largest absolute Gasteiger partial charge is 0.367 e. The summed E-state index contributed by atoms with van der Waals surface area (Å²) in [4.78, 5) is 17.6. The van der Waals surface area contributed by atoms with E-state index < -0.39 is 6.04 Å². The van der Waals surface area contributed by atoms with Crippen LogP contribution >= 0.6 is 0 Å². The van der Waals surface area contributed by atoms with Gasteiger partial charge in [-0.1, -0.05) is 48.0 Å². The number of benzene rings is 3. The van der Waals surface area contributed by atoms with Crippen LogP contribution in [-0.2, 0) is 4.79 Å². The molecule has 1 saturated heterocycles. The van der Waals surface area contributed by atoms with E-state index in [0.717, 1.165) is 22.4 Å². The third-order valence-electron chi connectivity index (χ3n) is 7.06. The zero-order valence-electron chi connectivity index (χ0n) is 20.6. The maximum Gasteiger partial charge on any atom is 0.257 e. The highest BCUT2D eigenvalue weighted by molar-refractivity contribution is 6.04. The lowest BCUT2D eigenvalue weighted by Gasteiger charge is -2.36. The van der Waals surface area contributed by atoms with E-state index in [2.05, 4.69) is 11.0 Å². The minimum Gasteiger partial charge on any atom is -0.367 e. The van der Waals surface area contributed by atoms with Gasteiger partial charge in [0.15, 0.2) is 0 Å². The number of amides is 1. The van der Waals surface area contributed by atoms with Gasteiger partial charge in [-0.25, -0.2) is 13.8 Å². The van der Waals surface area contributed by atoms with Crippen molar-refractivity contribution < 1.29 is 13.6 Å². The van der Waals surface area contributed by atoms with E-state index >= 15 is 0 Å². The Labute approximate surface area is 210 Å². The molecular weight excluding hydrogens is 458 g/mol. The van der Waals surface area contributed by atoms with Crippen LogP contribution in [0.4, 0.5) is 14.5 Å². The molecule has 186 valence electrons. The molecule has 1 amide bonds. The Kier molecular flexibility index (Phi) is 6.83. The van der Waals surface area contributed by atoms with Gasteiger partial charge in [0.05, 0.1) is 24.0 Å². The summed E-state index contributed by atoms with van der Waals surface area (Å²) in [6.07, 6.45) is 0.456. The Bertz CT molecular complexity index is 1300. The molecule has 0 aliphatic carbocycles. The van der Waals surface area contributed by atoms with Crippen molar-refractivity contribution in [3.05, 3.63) is 101 Å². The molecule has 36 heavy (non-hydrogen) atoms. The molecule has 0 radical (unpaired) electrons. The summed E-state index contributed by atoms with van der Waals surface area (Å²) in [5.74, 6) is -0.737. The Morgan fingerprint density at radius 2 is 1.61 bits per heavy atom. The molecule has 1 atom stereocenters. The zero-order valence-corrected chi connectivity index (χ0v) is 20.6. The molecule has 7 heteroatoms. The van der Waals surface area contributed by atoms with Crippen molar-refractivity contribution in [3.8, 4) is 0 Å². The third-order valence-corrected chi connectivity index (χ3v) is 7.06. The Hall–Kier alpha value is -3.58. The summed E-state index contributed by atoms with van der Waals surface area (Å²) in [5, 5.41) is 6.22. The molecule has 5 nitrogen and oxygen atoms in total. The van der Waals surface area contributed by atoms with E-state index in [1.807, 2.05) is 36.9 Å². The molecule has 1 fully saturated rings. The molecule has 2 aliphatic heterocycles. The van der Waals surface area contributed by atoms with Crippen molar-refractivity contribution in [1.82, 2.24) is 9.91 Å². The number of nitrogens with zero attached hydrogens (tertiary/aromatic N) is 4. The number of para-hydroxylation sites is 1. The number of carbonyl (C=O) groups excluding carboxylic acids is 1. The first-order valence-corrected chi connectivity index (χ1v) is 12.3. The van der Waals surface area contributed by atoms with E-state index in [-0.39, 0.29) is 24.1 Å². The number of aryl methyl sites for hydroxylation is 2. The molecule has 0 bridgehead atoms. The fraction of sp³-hybridized carbons (Fsp3) is 0.310. The second-order valence-electron chi connectivity index (χ2n) is 9.56. The van der Waals surface area contributed by atoms with Gasteiger partial charge < -0.3 is 4.90 Å². The summed E-state index contributed by atoms with van der Waals surface area (Å²) >= 11 is 0. The standard InChI is InChI=1S/C29H30F2N4O/c1-20-11-12-21(2)23(17-20)26-18-28(22-7-3-4-8-24(22)30)35(32-26)29(36)19-33-13-15-34(16-14-33)27-10-6-5-9-25(27)31/h3-12,17,28H,13-16,18-19H2,1-2H3/t28-/m1/s1. The number of rotatable bonds is 5. The fourth-order valence-corrected chi connectivity index (χ4v) is 5.06. The molecule has 0 spiro atoms. The van der Waals surface area contributed by atoms with Gasteiger partial charge in [0, 0.05) is 43.7 Å². The molecule has 0 saturated carbocycles. The van der Waals surface area contributed by atoms with Gasteiger partial charge >= 0.3 is 0 Å². The molecule has 3 aromatic carbocycles. The second kappa shape index (κ2) is 10.2. The van der Waals surface area contributed by atoms with E-state index in [1.54, 1.807) is 30.3 Å². The van der Waals surface area contributed by atoms with Gasteiger partial charge in [0.2, 0.25) is 0 Å². The van der Waals surface area contributed by atoms with Crippen LogP contribution in [0.2, 0.25) is 0 Å². The minimum atomic E-state index is -0.492. The van der Waals surface area contributed by atoms with Crippen molar-refractivity contribution in [1.29, 1.82) is 0 Å². The van der Waals surface area contributed by atoms with Gasteiger partial charge in [-0.3, -0.25) is 9.69 Å². The van der Waals surface area contributed by atoms with Crippen LogP contribution in [0.3, 0.4) is 0 Å². The highest BCUT2D eigenvalue weighted by Gasteiger charge is 2.36. The molecule has 0 unspecified atom stereocenters. The first-order chi connectivity index (χ1) is 17.4. The molecule has 3 aromatic rings. The lowest BCUT2D eigenvalue weighted by molar-refractivity contribution is -0.134. The highest BCUT2D eigenvalue weighted by atomic mass is 19.1. The monoisotopic (exact) mass is 488 g/mol. The Balaban J connectivity index is 1.34. The zero-order chi connectivity index (χ0) is 25.2. The summed E-state index contributed by atoms with van der Waals surface area (Å²) < 4.78 is 29.0. The van der Waals surface area contributed by atoms with Crippen molar-refractivity contribution >= 4 is 17.3 Å². The molecule has 0 aromatic heterocycles. The molecule has 5 rings (SSSR count). The Morgan fingerprint density at radius 1 is 0.917 bits per heavy atom. The van der Waals surface area contributed by atoms with Crippen molar-refractivity contribution in [3.63, 3.8) is 0 Å². The number of hydrogen-bond acceptors (Lipinski definition) is 4. The van der Waals surface area contributed by atoms with Crippen LogP contribution in [0.5, 0.6) is 0 Å². The predicted molar refractivity (Wildman–Crippen MR) is 138 cm³/mol. The van der Waals surface area contributed by atoms with Crippen LogP contribution in [0.15, 0.2) is 71.8 Å². The second-order valence-corrected chi connectivity index (χ2v) is 9.56. The van der Waals surface area contributed by atoms with Crippen molar-refractivity contribution in [2.75, 3.05) is 37.6 Å². The molecule has 2 heterocycles. The lowest BCUT2D eigenvalue weighted by atomic mass is 9.95. The minimum absolute atomic E-state index is 0.164. The van der Waals surface area contributed by atoms with E-state index in [4.69, 9.17) is 5.10 Å². The summed E-state index contributed by atoms with van der Waals surface area (Å²) in [6, 6.07) is 19.0. The Morgan fingerprint density at radius 3 is 2.33 bits per heavy atom. The molecule has 0 N–H and O–H groups in total. The maximum atomic E-state index is 14.8. The van der Waals surface area contributed by atoms with Crippen LogP contribution in [-0.4, -0.2) is 54.3 Å². The fourth-order valence-electron chi connectivity index (χ4n) is 5.06. The summed E-state index contributed by atoms with van der Waals surface area (Å²) in [5.41, 5.74) is 5.03. The van der Waals surface area contributed by atoms with Gasteiger partial charge in [-0.2, -0.15) is 5.10 Å². The normalized spacial score (nSPS) is 18.4. The number of carbonyl (C=O) groups is 1. The maximum absolute atomic E-state index is 14.8. The number of hydrogen-bond donors (Lipinski definition) is 0. The topological polar surface area (TPSA) is 39.2 Å².